The molecule has 1 aromatic carbocycles. The van der Waals surface area contributed by atoms with Gasteiger partial charge in [-0.2, -0.15) is 17.6 Å². The molecule has 0 aliphatic carbocycles. The van der Waals surface area contributed by atoms with Gasteiger partial charge in [0.25, 0.3) is 5.91 Å². The van der Waals surface area contributed by atoms with E-state index in [4.69, 9.17) is 19.7 Å². The van der Waals surface area contributed by atoms with Crippen molar-refractivity contribution in [1.82, 2.24) is 4.98 Å². The first-order valence-corrected chi connectivity index (χ1v) is 10.3. The number of carbonyl (C=O) groups excluding carboxylic acids is 1. The number of aromatic nitrogens is 1. The minimum atomic E-state index is -4.89. The van der Waals surface area contributed by atoms with E-state index < -0.39 is 66.2 Å². The molecule has 0 radical (unpaired) electrons. The van der Waals surface area contributed by atoms with Crippen molar-refractivity contribution in [3.63, 3.8) is 0 Å². The second-order valence-corrected chi connectivity index (χ2v) is 8.00. The van der Waals surface area contributed by atoms with Crippen LogP contribution in [0.3, 0.4) is 0 Å². The molecule has 2 heterocycles. The van der Waals surface area contributed by atoms with Crippen molar-refractivity contribution >= 4 is 11.6 Å². The quantitative estimate of drug-likeness (QED) is 0.515. The Morgan fingerprint density at radius 2 is 1.94 bits per heavy atom. The van der Waals surface area contributed by atoms with E-state index in [2.05, 4.69) is 10.3 Å². The van der Waals surface area contributed by atoms with Crippen LogP contribution >= 0.6 is 0 Å². The number of pyridine rings is 1. The number of aliphatic hydroxyl groups excluding tert-OH is 2. The summed E-state index contributed by atoms with van der Waals surface area (Å²) >= 11 is 0. The standard InChI is InChI=1S/C22H23F5N2O5/c1-11-16(14-5-6-15(23)17(24)18(14)33-8-7-30)19(34-21(11,2)22(25,26)27)20(32)29-12-3-4-13(10-31)28-9-12/h3-6,9,11,16,19,30-31H,7-8,10H2,1-2H3,(H,29,32)/t11-,16-,19+,21+/m0/s1. The summed E-state index contributed by atoms with van der Waals surface area (Å²) in [6.45, 7) is 0.610. The van der Waals surface area contributed by atoms with E-state index in [0.29, 0.717) is 5.69 Å². The molecule has 1 aliphatic rings. The van der Waals surface area contributed by atoms with E-state index in [1.54, 1.807) is 0 Å². The van der Waals surface area contributed by atoms with E-state index in [1.807, 2.05) is 0 Å². The van der Waals surface area contributed by atoms with E-state index in [1.165, 1.54) is 25.3 Å². The van der Waals surface area contributed by atoms with Gasteiger partial charge in [0.2, 0.25) is 5.82 Å². The van der Waals surface area contributed by atoms with Crippen LogP contribution in [0.5, 0.6) is 5.75 Å². The van der Waals surface area contributed by atoms with Gasteiger partial charge >= 0.3 is 6.18 Å². The monoisotopic (exact) mass is 490 g/mol. The predicted octanol–water partition coefficient (Wildman–Crippen LogP) is 3.30. The topological polar surface area (TPSA) is 101 Å². The fraction of sp³-hybridized carbons (Fsp3) is 0.455. The summed E-state index contributed by atoms with van der Waals surface area (Å²) in [7, 11) is 0. The summed E-state index contributed by atoms with van der Waals surface area (Å²) < 4.78 is 80.8. The minimum absolute atomic E-state index is 0.125. The van der Waals surface area contributed by atoms with Crippen molar-refractivity contribution in [2.45, 2.75) is 44.3 Å². The molecule has 1 aromatic heterocycles. The van der Waals surface area contributed by atoms with Crippen LogP contribution in [0.4, 0.5) is 27.6 Å². The van der Waals surface area contributed by atoms with Crippen molar-refractivity contribution in [3.8, 4) is 5.75 Å². The first-order valence-electron chi connectivity index (χ1n) is 10.3. The summed E-state index contributed by atoms with van der Waals surface area (Å²) in [5, 5.41) is 20.5. The van der Waals surface area contributed by atoms with Crippen LogP contribution in [0.25, 0.3) is 0 Å². The van der Waals surface area contributed by atoms with Gasteiger partial charge in [0.1, 0.15) is 12.7 Å². The van der Waals surface area contributed by atoms with Gasteiger partial charge < -0.3 is 25.0 Å². The average Bonchev–Trinajstić information content (AvgIpc) is 3.07. The van der Waals surface area contributed by atoms with E-state index in [-0.39, 0.29) is 17.9 Å². The third-order valence-electron chi connectivity index (χ3n) is 5.96. The van der Waals surface area contributed by atoms with Gasteiger partial charge in [0.05, 0.1) is 30.8 Å². The normalized spacial score (nSPS) is 24.8. The SMILES string of the molecule is C[C@H]1[C@@H](c2ccc(F)c(F)c2OCCO)[C@H](C(=O)Nc2ccc(CO)nc2)O[C@@]1(C)C(F)(F)F. The molecule has 186 valence electrons. The van der Waals surface area contributed by atoms with Crippen LogP contribution < -0.4 is 10.1 Å². The summed E-state index contributed by atoms with van der Waals surface area (Å²) in [6, 6.07) is 4.55. The first-order chi connectivity index (χ1) is 15.9. The van der Waals surface area contributed by atoms with Crippen LogP contribution in [-0.2, 0) is 16.1 Å². The Bertz CT molecular complexity index is 1030. The Morgan fingerprint density at radius 1 is 1.24 bits per heavy atom. The van der Waals surface area contributed by atoms with Gasteiger partial charge in [-0.05, 0) is 25.1 Å². The number of halogens is 5. The zero-order valence-electron chi connectivity index (χ0n) is 18.2. The molecular formula is C22H23F5N2O5. The van der Waals surface area contributed by atoms with Crippen molar-refractivity contribution in [3.05, 3.63) is 53.4 Å². The highest BCUT2D eigenvalue weighted by atomic mass is 19.4. The molecule has 3 rings (SSSR count). The molecule has 34 heavy (non-hydrogen) atoms. The van der Waals surface area contributed by atoms with Crippen LogP contribution in [0.2, 0.25) is 0 Å². The van der Waals surface area contributed by atoms with Crippen LogP contribution in [0.15, 0.2) is 30.5 Å². The highest BCUT2D eigenvalue weighted by Crippen LogP contribution is 2.55. The van der Waals surface area contributed by atoms with E-state index in [9.17, 15) is 26.7 Å². The molecule has 0 unspecified atom stereocenters. The maximum Gasteiger partial charge on any atom is 0.417 e. The number of benzene rings is 1. The van der Waals surface area contributed by atoms with Crippen molar-refractivity contribution < 1.29 is 46.4 Å². The zero-order chi connectivity index (χ0) is 25.3. The first kappa shape index (κ1) is 25.8. The lowest BCUT2D eigenvalue weighted by Gasteiger charge is -2.32. The van der Waals surface area contributed by atoms with Crippen LogP contribution in [0.1, 0.15) is 31.0 Å². The fourth-order valence-electron chi connectivity index (χ4n) is 3.93. The average molecular weight is 490 g/mol. The number of carbonyl (C=O) groups is 1. The molecule has 0 saturated carbocycles. The lowest BCUT2D eigenvalue weighted by Crippen LogP contribution is -2.47. The van der Waals surface area contributed by atoms with E-state index >= 15 is 0 Å². The van der Waals surface area contributed by atoms with Gasteiger partial charge in [0, 0.05) is 17.4 Å². The molecule has 1 fully saturated rings. The summed E-state index contributed by atoms with van der Waals surface area (Å²) in [5.74, 6) is -7.24. The molecule has 4 atom stereocenters. The largest absolute Gasteiger partial charge is 0.488 e. The smallest absolute Gasteiger partial charge is 0.417 e. The lowest BCUT2D eigenvalue weighted by molar-refractivity contribution is -0.272. The highest BCUT2D eigenvalue weighted by molar-refractivity contribution is 5.95. The maximum absolute atomic E-state index is 14.6. The third kappa shape index (κ3) is 4.70. The Kier molecular flexibility index (Phi) is 7.44. The van der Waals surface area contributed by atoms with Crippen molar-refractivity contribution in [1.29, 1.82) is 0 Å². The number of rotatable bonds is 7. The molecular weight excluding hydrogens is 467 g/mol. The number of hydrogen-bond donors (Lipinski definition) is 3. The number of anilines is 1. The maximum atomic E-state index is 14.6. The molecule has 0 spiro atoms. The highest BCUT2D eigenvalue weighted by Gasteiger charge is 2.65. The lowest BCUT2D eigenvalue weighted by atomic mass is 9.77. The molecule has 0 bridgehead atoms. The molecule has 7 nitrogen and oxygen atoms in total. The van der Waals surface area contributed by atoms with Gasteiger partial charge in [-0.15, -0.1) is 0 Å². The van der Waals surface area contributed by atoms with Crippen LogP contribution in [-0.4, -0.2) is 52.2 Å². The number of hydrogen-bond acceptors (Lipinski definition) is 6. The second-order valence-electron chi connectivity index (χ2n) is 8.00. The Hall–Kier alpha value is -2.83. The molecule has 1 amide bonds. The molecule has 3 N–H and O–H groups in total. The van der Waals surface area contributed by atoms with Gasteiger partial charge in [-0.1, -0.05) is 13.0 Å². The summed E-state index contributed by atoms with van der Waals surface area (Å²) in [6.07, 6.45) is -5.46. The number of aliphatic hydroxyl groups is 2. The molecule has 1 aliphatic heterocycles. The Morgan fingerprint density at radius 3 is 2.50 bits per heavy atom. The minimum Gasteiger partial charge on any atom is -0.488 e. The zero-order valence-corrected chi connectivity index (χ0v) is 18.2. The van der Waals surface area contributed by atoms with Crippen LogP contribution in [0, 0.1) is 17.6 Å². The Labute approximate surface area is 191 Å². The molecule has 1 saturated heterocycles. The van der Waals surface area contributed by atoms with Crippen molar-refractivity contribution in [2.24, 2.45) is 5.92 Å². The Balaban J connectivity index is 2.06. The molecule has 2 aromatic rings. The second kappa shape index (κ2) is 9.80. The fourth-order valence-corrected chi connectivity index (χ4v) is 3.93. The predicted molar refractivity (Wildman–Crippen MR) is 109 cm³/mol. The van der Waals surface area contributed by atoms with Gasteiger partial charge in [-0.25, -0.2) is 4.39 Å². The molecule has 12 heteroatoms. The summed E-state index contributed by atoms with van der Waals surface area (Å²) in [4.78, 5) is 16.9. The number of ether oxygens (including phenoxy) is 2. The van der Waals surface area contributed by atoms with Gasteiger partial charge in [0.15, 0.2) is 17.2 Å². The summed E-state index contributed by atoms with van der Waals surface area (Å²) in [5.41, 5.74) is -2.57. The number of nitrogens with one attached hydrogen (secondary N) is 1. The number of amides is 1. The van der Waals surface area contributed by atoms with Crippen molar-refractivity contribution in [2.75, 3.05) is 18.5 Å². The number of nitrogens with zero attached hydrogens (tertiary/aromatic N) is 1. The van der Waals surface area contributed by atoms with E-state index in [0.717, 1.165) is 19.1 Å². The van der Waals surface area contributed by atoms with Gasteiger partial charge in [-0.3, -0.25) is 9.78 Å². The number of alkyl halides is 3. The third-order valence-corrected chi connectivity index (χ3v) is 5.96.